The van der Waals surface area contributed by atoms with Gasteiger partial charge in [0.2, 0.25) is 23.6 Å². The summed E-state index contributed by atoms with van der Waals surface area (Å²) >= 11 is 0. The first kappa shape index (κ1) is 36.3. The molecular formula is C34H44FN5O8. The van der Waals surface area contributed by atoms with Crippen LogP contribution in [0.1, 0.15) is 56.0 Å². The van der Waals surface area contributed by atoms with E-state index in [0.29, 0.717) is 31.6 Å². The molecule has 2 aromatic rings. The molecule has 2 aliphatic rings. The Balaban J connectivity index is 1.63. The molecule has 260 valence electrons. The van der Waals surface area contributed by atoms with Gasteiger partial charge in [-0.2, -0.15) is 0 Å². The van der Waals surface area contributed by atoms with Crippen molar-refractivity contribution in [2.75, 3.05) is 33.0 Å². The number of halogens is 1. The second kappa shape index (κ2) is 16.5. The molecule has 1 fully saturated rings. The normalized spacial score (nSPS) is 24.1. The molecule has 4 rings (SSSR count). The molecule has 0 bridgehead atoms. The Kier molecular flexibility index (Phi) is 12.5. The maximum absolute atomic E-state index is 14.2. The zero-order valence-corrected chi connectivity index (χ0v) is 27.3. The van der Waals surface area contributed by atoms with Gasteiger partial charge in [0.15, 0.2) is 0 Å². The molecule has 13 nitrogen and oxygen atoms in total. The lowest BCUT2D eigenvalue weighted by atomic mass is 9.74. The Morgan fingerprint density at radius 1 is 1.00 bits per heavy atom. The second-order valence-corrected chi connectivity index (χ2v) is 12.6. The molecule has 6 N–H and O–H groups in total. The molecule has 0 aliphatic carbocycles. The van der Waals surface area contributed by atoms with Crippen molar-refractivity contribution in [3.05, 3.63) is 65.5 Å². The highest BCUT2D eigenvalue weighted by Gasteiger charge is 2.37. The van der Waals surface area contributed by atoms with Crippen LogP contribution < -0.4 is 31.3 Å². The highest BCUT2D eigenvalue weighted by Crippen LogP contribution is 2.34. The van der Waals surface area contributed by atoms with E-state index in [9.17, 15) is 33.5 Å². The summed E-state index contributed by atoms with van der Waals surface area (Å²) in [6.07, 6.45) is 0.407. The zero-order valence-electron chi connectivity index (χ0n) is 27.3. The molecule has 2 aromatic carbocycles. The first-order chi connectivity index (χ1) is 22.9. The second-order valence-electron chi connectivity index (χ2n) is 12.6. The van der Waals surface area contributed by atoms with Gasteiger partial charge in [-0.1, -0.05) is 38.1 Å². The van der Waals surface area contributed by atoms with Crippen molar-refractivity contribution < 1.29 is 42.9 Å². The van der Waals surface area contributed by atoms with Crippen LogP contribution in [-0.2, 0) is 29.3 Å². The van der Waals surface area contributed by atoms with Crippen LogP contribution in [0.3, 0.4) is 0 Å². The highest BCUT2D eigenvalue weighted by molar-refractivity contribution is 6.01. The van der Waals surface area contributed by atoms with Crippen molar-refractivity contribution in [2.45, 2.75) is 69.6 Å². The maximum Gasteiger partial charge on any atom is 0.255 e. The topological polar surface area (TPSA) is 184 Å². The molecule has 0 spiro atoms. The predicted octanol–water partition coefficient (Wildman–Crippen LogP) is 0.694. The number of fused-ring (bicyclic) bond motifs is 1. The summed E-state index contributed by atoms with van der Waals surface area (Å²) in [5.74, 6) is -4.09. The third kappa shape index (κ3) is 9.28. The number of rotatable bonds is 6. The van der Waals surface area contributed by atoms with Gasteiger partial charge >= 0.3 is 0 Å². The Labute approximate surface area is 278 Å². The highest BCUT2D eigenvalue weighted by atomic mass is 19.1. The Morgan fingerprint density at radius 2 is 1.73 bits per heavy atom. The number of hydrogen-bond donors (Lipinski definition) is 6. The SMILES string of the molecule is CC(C)[C@H]1NC(=O)[C@H](CO)NC(=O)C[C@@H](C(=O)NCC2(c3cccc(F)c3)CCOCC2)NC(=O)c2ccccc2OC[C@H](C)NC1=O. The van der Waals surface area contributed by atoms with Crippen LogP contribution in [-0.4, -0.2) is 91.8 Å². The third-order valence-electron chi connectivity index (χ3n) is 8.59. The van der Waals surface area contributed by atoms with Gasteiger partial charge < -0.3 is 41.2 Å². The smallest absolute Gasteiger partial charge is 0.255 e. The van der Waals surface area contributed by atoms with E-state index in [2.05, 4.69) is 26.6 Å². The number of aliphatic hydroxyl groups excluding tert-OH is 1. The van der Waals surface area contributed by atoms with Crippen molar-refractivity contribution in [1.82, 2.24) is 26.6 Å². The maximum atomic E-state index is 14.2. The van der Waals surface area contributed by atoms with E-state index in [1.807, 2.05) is 0 Å². The van der Waals surface area contributed by atoms with Gasteiger partial charge in [-0.3, -0.25) is 24.0 Å². The van der Waals surface area contributed by atoms with Crippen LogP contribution in [0, 0.1) is 11.7 Å². The largest absolute Gasteiger partial charge is 0.491 e. The van der Waals surface area contributed by atoms with Gasteiger partial charge in [0.05, 0.1) is 24.6 Å². The molecule has 5 amide bonds. The zero-order chi connectivity index (χ0) is 34.8. The lowest BCUT2D eigenvalue weighted by Crippen LogP contribution is -2.58. The van der Waals surface area contributed by atoms with Crippen molar-refractivity contribution in [1.29, 1.82) is 0 Å². The van der Waals surface area contributed by atoms with Crippen molar-refractivity contribution >= 4 is 29.5 Å². The predicted molar refractivity (Wildman–Crippen MR) is 172 cm³/mol. The van der Waals surface area contributed by atoms with Crippen LogP contribution in [0.15, 0.2) is 48.5 Å². The summed E-state index contributed by atoms with van der Waals surface area (Å²) < 4.78 is 25.7. The quantitative estimate of drug-likeness (QED) is 0.260. The number of nitrogens with one attached hydrogen (secondary N) is 5. The van der Waals surface area contributed by atoms with Gasteiger partial charge in [-0.05, 0) is 55.5 Å². The summed E-state index contributed by atoms with van der Waals surface area (Å²) in [6.45, 7) is 5.21. The summed E-state index contributed by atoms with van der Waals surface area (Å²) in [4.78, 5) is 66.8. The number of para-hydroxylation sites is 1. The molecule has 0 unspecified atom stereocenters. The van der Waals surface area contributed by atoms with Crippen LogP contribution in [0.25, 0.3) is 0 Å². The fourth-order valence-corrected chi connectivity index (χ4v) is 5.76. The molecule has 0 saturated carbocycles. The minimum atomic E-state index is -1.44. The van der Waals surface area contributed by atoms with Gasteiger partial charge in [0.1, 0.15) is 36.3 Å². The van der Waals surface area contributed by atoms with Gasteiger partial charge in [0.25, 0.3) is 5.91 Å². The number of hydrogen-bond acceptors (Lipinski definition) is 8. The number of carbonyl (C=O) groups is 5. The third-order valence-corrected chi connectivity index (χ3v) is 8.59. The van der Waals surface area contributed by atoms with Gasteiger partial charge in [0, 0.05) is 25.2 Å². The molecule has 48 heavy (non-hydrogen) atoms. The standard InChI is InChI=1S/C34H44FN5O8/c1-20(2)29-33(46)37-21(3)18-48-27-10-5-4-9-24(27)30(43)39-25(16-28(42)38-26(17-41)32(45)40-29)31(44)36-19-34(11-13-47-14-12-34)22-7-6-8-23(35)15-22/h4-10,15,20-21,25-26,29,41H,11-14,16-19H2,1-3H3,(H,36,44)(H,37,46)(H,38,42)(H,39,43)(H,40,45)/t21-,25-,26-,29+/m0/s1. The summed E-state index contributed by atoms with van der Waals surface area (Å²) in [5, 5.41) is 23.2. The van der Waals surface area contributed by atoms with Crippen LogP contribution in [0.2, 0.25) is 0 Å². The lowest BCUT2D eigenvalue weighted by Gasteiger charge is -2.38. The molecule has 2 aliphatic heterocycles. The summed E-state index contributed by atoms with van der Waals surface area (Å²) in [7, 11) is 0. The van der Waals surface area contributed by atoms with Crippen molar-refractivity contribution in [2.24, 2.45) is 5.92 Å². The van der Waals surface area contributed by atoms with Crippen LogP contribution >= 0.6 is 0 Å². The van der Waals surface area contributed by atoms with Gasteiger partial charge in [-0.25, -0.2) is 4.39 Å². The summed E-state index contributed by atoms with van der Waals surface area (Å²) in [5.41, 5.74) is 0.116. The van der Waals surface area contributed by atoms with E-state index < -0.39 is 78.0 Å². The minimum absolute atomic E-state index is 0.0239. The van der Waals surface area contributed by atoms with E-state index in [-0.39, 0.29) is 30.4 Å². The van der Waals surface area contributed by atoms with E-state index in [0.717, 1.165) is 0 Å². The number of benzene rings is 2. The van der Waals surface area contributed by atoms with Crippen LogP contribution in [0.5, 0.6) is 5.75 Å². The molecular weight excluding hydrogens is 625 g/mol. The Bertz CT molecular complexity index is 1480. The van der Waals surface area contributed by atoms with E-state index in [1.54, 1.807) is 51.1 Å². The number of ether oxygens (including phenoxy) is 2. The summed E-state index contributed by atoms with van der Waals surface area (Å²) in [6, 6.07) is 8.09. The van der Waals surface area contributed by atoms with E-state index in [1.165, 1.54) is 18.2 Å². The number of amides is 5. The molecule has 1 saturated heterocycles. The molecule has 4 atom stereocenters. The lowest BCUT2D eigenvalue weighted by molar-refractivity contribution is -0.134. The van der Waals surface area contributed by atoms with Crippen molar-refractivity contribution in [3.8, 4) is 5.75 Å². The fraction of sp³-hybridized carbons (Fsp3) is 0.500. The number of carbonyl (C=O) groups excluding carboxylic acids is 5. The van der Waals surface area contributed by atoms with E-state index >= 15 is 0 Å². The molecule has 14 heteroatoms. The first-order valence-corrected chi connectivity index (χ1v) is 16.1. The monoisotopic (exact) mass is 669 g/mol. The fourth-order valence-electron chi connectivity index (χ4n) is 5.76. The average Bonchev–Trinajstić information content (AvgIpc) is 3.07. The molecule has 0 aromatic heterocycles. The minimum Gasteiger partial charge on any atom is -0.491 e. The van der Waals surface area contributed by atoms with Crippen LogP contribution in [0.4, 0.5) is 4.39 Å². The first-order valence-electron chi connectivity index (χ1n) is 16.1. The molecule has 0 radical (unpaired) electrons. The van der Waals surface area contributed by atoms with Crippen molar-refractivity contribution in [3.63, 3.8) is 0 Å². The Hall–Kier alpha value is -4.56. The van der Waals surface area contributed by atoms with Gasteiger partial charge in [-0.15, -0.1) is 0 Å². The Morgan fingerprint density at radius 3 is 2.42 bits per heavy atom. The van der Waals surface area contributed by atoms with E-state index in [4.69, 9.17) is 9.47 Å². The number of aliphatic hydroxyl groups is 1. The molecule has 2 heterocycles. The average molecular weight is 670 g/mol.